The molecule has 27 heavy (non-hydrogen) atoms. The molecule has 4 heterocycles. The average molecular weight is 391 g/mol. The molecule has 0 aromatic carbocycles. The van der Waals surface area contributed by atoms with Gasteiger partial charge in [-0.1, -0.05) is 12.1 Å². The van der Waals surface area contributed by atoms with Crippen LogP contribution in [0.15, 0.2) is 12.3 Å². The number of fused-ring (bicyclic) bond motifs is 2. The number of aromatic nitrogens is 3. The van der Waals surface area contributed by atoms with Gasteiger partial charge in [-0.05, 0) is 44.2 Å². The first kappa shape index (κ1) is 19.1. The van der Waals surface area contributed by atoms with Crippen LogP contribution in [0.5, 0.6) is 0 Å². The molecule has 2 aliphatic rings. The number of hydrogen-bond acceptors (Lipinski definition) is 6. The van der Waals surface area contributed by atoms with Gasteiger partial charge in [-0.25, -0.2) is 0 Å². The Morgan fingerprint density at radius 3 is 3.11 bits per heavy atom. The molecular weight excluding hydrogens is 360 g/mol. The lowest BCUT2D eigenvalue weighted by Gasteiger charge is -2.47. The summed E-state index contributed by atoms with van der Waals surface area (Å²) in [7, 11) is 0. The van der Waals surface area contributed by atoms with Gasteiger partial charge in [0.2, 0.25) is 0 Å². The number of nitrogens with zero attached hydrogens (tertiary/aromatic N) is 4. The molecule has 1 fully saturated rings. The summed E-state index contributed by atoms with van der Waals surface area (Å²) >= 11 is 1.98. The van der Waals surface area contributed by atoms with E-state index in [4.69, 9.17) is 9.84 Å². The monoisotopic (exact) mass is 390 g/mol. The number of hydrogen-bond donors (Lipinski definition) is 1. The zero-order chi connectivity index (χ0) is 18.9. The van der Waals surface area contributed by atoms with Crippen LogP contribution >= 0.6 is 11.3 Å². The molecule has 0 aliphatic carbocycles. The quantitative estimate of drug-likeness (QED) is 0.822. The minimum atomic E-state index is -0.0911. The molecule has 6 nitrogen and oxygen atoms in total. The van der Waals surface area contributed by atoms with Crippen LogP contribution in [0.25, 0.3) is 0 Å². The topological polar surface area (TPSA) is 63.4 Å². The van der Waals surface area contributed by atoms with E-state index in [0.717, 1.165) is 57.6 Å². The van der Waals surface area contributed by atoms with E-state index >= 15 is 0 Å². The number of piperidine rings is 1. The molecule has 4 rings (SSSR count). The van der Waals surface area contributed by atoms with Gasteiger partial charge >= 0.3 is 0 Å². The highest BCUT2D eigenvalue weighted by Crippen LogP contribution is 2.46. The maximum absolute atomic E-state index is 8.96. The van der Waals surface area contributed by atoms with Crippen LogP contribution in [0.4, 0.5) is 0 Å². The third-order valence-corrected chi connectivity index (χ3v) is 7.29. The van der Waals surface area contributed by atoms with Crippen LogP contribution in [0, 0.1) is 0 Å². The first-order valence-corrected chi connectivity index (χ1v) is 10.9. The number of thiophene rings is 1. The SMILES string of the molecule is CCc1cc2c(s1)CCO[C@@]21CCN(Cc2cn(CCCO)nn2)[C@@H](C)C1. The molecule has 1 N–H and O–H groups in total. The molecular formula is C20H30N4O2S. The van der Waals surface area contributed by atoms with E-state index in [9.17, 15) is 0 Å². The number of aryl methyl sites for hydroxylation is 2. The largest absolute Gasteiger partial charge is 0.396 e. The maximum Gasteiger partial charge on any atom is 0.0969 e. The molecule has 1 spiro atoms. The van der Waals surface area contributed by atoms with E-state index in [2.05, 4.69) is 35.1 Å². The first-order valence-electron chi connectivity index (χ1n) is 10.1. The van der Waals surface area contributed by atoms with Crippen molar-refractivity contribution in [1.82, 2.24) is 19.9 Å². The maximum atomic E-state index is 8.96. The molecule has 1 saturated heterocycles. The molecule has 2 aromatic rings. The molecule has 2 aliphatic heterocycles. The summed E-state index contributed by atoms with van der Waals surface area (Å²) < 4.78 is 8.26. The van der Waals surface area contributed by atoms with E-state index in [1.54, 1.807) is 4.88 Å². The predicted octanol–water partition coefficient (Wildman–Crippen LogP) is 2.74. The third-order valence-electron chi connectivity index (χ3n) is 5.95. The normalized spacial score (nSPS) is 25.8. The van der Waals surface area contributed by atoms with Gasteiger partial charge in [0.25, 0.3) is 0 Å². The van der Waals surface area contributed by atoms with Gasteiger partial charge < -0.3 is 9.84 Å². The average Bonchev–Trinajstić information content (AvgIpc) is 3.30. The smallest absolute Gasteiger partial charge is 0.0969 e. The Kier molecular flexibility index (Phi) is 5.64. The van der Waals surface area contributed by atoms with Gasteiger partial charge in [0.15, 0.2) is 0 Å². The molecule has 148 valence electrons. The van der Waals surface area contributed by atoms with Crippen molar-refractivity contribution >= 4 is 11.3 Å². The van der Waals surface area contributed by atoms with E-state index in [1.165, 1.54) is 10.4 Å². The van der Waals surface area contributed by atoms with Crippen molar-refractivity contribution in [1.29, 1.82) is 0 Å². The van der Waals surface area contributed by atoms with Crippen molar-refractivity contribution in [3.63, 3.8) is 0 Å². The molecule has 0 amide bonds. The highest BCUT2D eigenvalue weighted by molar-refractivity contribution is 7.12. The lowest BCUT2D eigenvalue weighted by atomic mass is 9.79. The van der Waals surface area contributed by atoms with Crippen LogP contribution in [0.2, 0.25) is 0 Å². The van der Waals surface area contributed by atoms with Gasteiger partial charge in [-0.3, -0.25) is 9.58 Å². The van der Waals surface area contributed by atoms with E-state index in [0.29, 0.717) is 12.5 Å². The summed E-state index contributed by atoms with van der Waals surface area (Å²) in [6, 6.07) is 2.85. The summed E-state index contributed by atoms with van der Waals surface area (Å²) in [5.41, 5.74) is 2.38. The molecule has 0 unspecified atom stereocenters. The second-order valence-electron chi connectivity index (χ2n) is 7.82. The molecule has 7 heteroatoms. The Morgan fingerprint density at radius 1 is 1.44 bits per heavy atom. The Bertz CT molecular complexity index is 774. The van der Waals surface area contributed by atoms with Gasteiger partial charge in [0.05, 0.1) is 17.9 Å². The van der Waals surface area contributed by atoms with Gasteiger partial charge in [0.1, 0.15) is 0 Å². The van der Waals surface area contributed by atoms with E-state index in [-0.39, 0.29) is 12.2 Å². The number of aliphatic hydroxyl groups is 1. The highest BCUT2D eigenvalue weighted by Gasteiger charge is 2.44. The number of aliphatic hydroxyl groups excluding tert-OH is 1. The second kappa shape index (κ2) is 7.99. The standard InChI is InChI=1S/C20H30N4O2S/c1-3-17-11-18-19(27-17)5-10-26-20(18)6-8-23(15(2)12-20)13-16-14-24(22-21-16)7-4-9-25/h11,14-15,25H,3-10,12-13H2,1-2H3/t15-,20+/m0/s1. The fraction of sp³-hybridized carbons (Fsp3) is 0.700. The Morgan fingerprint density at radius 2 is 2.33 bits per heavy atom. The van der Waals surface area contributed by atoms with Crippen molar-refractivity contribution in [2.75, 3.05) is 19.8 Å². The summed E-state index contributed by atoms with van der Waals surface area (Å²) in [6.07, 6.45) is 6.99. The van der Waals surface area contributed by atoms with Crippen LogP contribution < -0.4 is 0 Å². The third kappa shape index (κ3) is 3.83. The molecule has 2 aromatic heterocycles. The van der Waals surface area contributed by atoms with Crippen molar-refractivity contribution in [3.05, 3.63) is 33.3 Å². The van der Waals surface area contributed by atoms with Gasteiger partial charge in [-0.15, -0.1) is 16.4 Å². The number of rotatable bonds is 6. The van der Waals surface area contributed by atoms with Crippen molar-refractivity contribution in [2.45, 2.75) is 70.7 Å². The van der Waals surface area contributed by atoms with Gasteiger partial charge in [0, 0.05) is 54.7 Å². The van der Waals surface area contributed by atoms with Crippen LogP contribution in [-0.4, -0.2) is 50.8 Å². The summed E-state index contributed by atoms with van der Waals surface area (Å²) in [6.45, 7) is 8.14. The minimum absolute atomic E-state index is 0.0911. The summed E-state index contributed by atoms with van der Waals surface area (Å²) in [4.78, 5) is 5.53. The summed E-state index contributed by atoms with van der Waals surface area (Å²) in [5, 5.41) is 17.4. The van der Waals surface area contributed by atoms with Crippen molar-refractivity contribution < 1.29 is 9.84 Å². The minimum Gasteiger partial charge on any atom is -0.396 e. The molecule has 0 saturated carbocycles. The van der Waals surface area contributed by atoms with Crippen LogP contribution in [0.1, 0.15) is 54.1 Å². The lowest BCUT2D eigenvalue weighted by Crippen LogP contribution is -2.50. The van der Waals surface area contributed by atoms with E-state index < -0.39 is 0 Å². The number of ether oxygens (including phenoxy) is 1. The highest BCUT2D eigenvalue weighted by atomic mass is 32.1. The lowest BCUT2D eigenvalue weighted by molar-refractivity contribution is -0.112. The van der Waals surface area contributed by atoms with Crippen molar-refractivity contribution in [3.8, 4) is 0 Å². The molecule has 0 bridgehead atoms. The van der Waals surface area contributed by atoms with Crippen LogP contribution in [-0.2, 0) is 36.3 Å². The fourth-order valence-corrected chi connectivity index (χ4v) is 5.65. The van der Waals surface area contributed by atoms with Crippen LogP contribution in [0.3, 0.4) is 0 Å². The Balaban J connectivity index is 1.44. The van der Waals surface area contributed by atoms with E-state index in [1.807, 2.05) is 22.2 Å². The molecule has 2 atom stereocenters. The molecule has 0 radical (unpaired) electrons. The second-order valence-corrected chi connectivity index (χ2v) is 9.04. The fourth-order valence-electron chi connectivity index (χ4n) is 4.47. The van der Waals surface area contributed by atoms with Crippen molar-refractivity contribution in [2.24, 2.45) is 0 Å². The number of likely N-dealkylation sites (tertiary alicyclic amines) is 1. The first-order chi connectivity index (χ1) is 13.1. The zero-order valence-corrected chi connectivity index (χ0v) is 17.2. The Labute approximate surface area is 165 Å². The zero-order valence-electron chi connectivity index (χ0n) is 16.4. The predicted molar refractivity (Wildman–Crippen MR) is 106 cm³/mol. The summed E-state index contributed by atoms with van der Waals surface area (Å²) in [5.74, 6) is 0. The Hall–Kier alpha value is -1.28. The van der Waals surface area contributed by atoms with Gasteiger partial charge in [-0.2, -0.15) is 0 Å².